The fourth-order valence-corrected chi connectivity index (χ4v) is 3.28. The average molecular weight is 254 g/mol. The molecule has 4 nitrogen and oxygen atoms in total. The van der Waals surface area contributed by atoms with Gasteiger partial charge in [-0.25, -0.2) is 0 Å². The van der Waals surface area contributed by atoms with Gasteiger partial charge >= 0.3 is 0 Å². The van der Waals surface area contributed by atoms with Crippen LogP contribution >= 0.6 is 11.5 Å². The second-order valence-electron chi connectivity index (χ2n) is 5.20. The molecule has 17 heavy (non-hydrogen) atoms. The lowest BCUT2D eigenvalue weighted by atomic mass is 9.96. The Morgan fingerprint density at radius 1 is 1.41 bits per heavy atom. The number of nitrogens with one attached hydrogen (secondary N) is 1. The molecule has 5 heteroatoms. The van der Waals surface area contributed by atoms with Crippen LogP contribution in [-0.4, -0.2) is 35.5 Å². The number of anilines is 2. The first-order valence-electron chi connectivity index (χ1n) is 6.18. The van der Waals surface area contributed by atoms with Gasteiger partial charge in [-0.3, -0.25) is 0 Å². The number of likely N-dealkylation sites (N-methyl/N-ethyl adjacent to an activating group) is 1. The van der Waals surface area contributed by atoms with E-state index in [9.17, 15) is 0 Å². The van der Waals surface area contributed by atoms with Crippen molar-refractivity contribution < 1.29 is 0 Å². The molecule has 0 spiro atoms. The molecule has 1 heterocycles. The van der Waals surface area contributed by atoms with Crippen LogP contribution in [0.25, 0.3) is 0 Å². The molecule has 0 bridgehead atoms. The van der Waals surface area contributed by atoms with Crippen molar-refractivity contribution in [3.05, 3.63) is 5.56 Å². The lowest BCUT2D eigenvalue weighted by molar-refractivity contribution is 0.172. The fraction of sp³-hybridized carbons (Fsp3) is 0.750. The van der Waals surface area contributed by atoms with Crippen molar-refractivity contribution in [1.82, 2.24) is 9.27 Å². The topological polar surface area (TPSA) is 54.2 Å². The predicted octanol–water partition coefficient (Wildman–Crippen LogP) is 2.32. The lowest BCUT2D eigenvalue weighted by Gasteiger charge is -2.36. The zero-order valence-corrected chi connectivity index (χ0v) is 11.7. The number of nitrogen functional groups attached to an aromatic ring is 1. The van der Waals surface area contributed by atoms with Gasteiger partial charge in [-0.15, -0.1) is 0 Å². The maximum absolute atomic E-state index is 5.77. The monoisotopic (exact) mass is 254 g/mol. The predicted molar refractivity (Wildman–Crippen MR) is 74.6 cm³/mol. The van der Waals surface area contributed by atoms with Gasteiger partial charge < -0.3 is 16.0 Å². The summed E-state index contributed by atoms with van der Waals surface area (Å²) in [4.78, 5) is 2.37. The zero-order chi connectivity index (χ0) is 12.5. The van der Waals surface area contributed by atoms with E-state index in [0.717, 1.165) is 17.1 Å². The third kappa shape index (κ3) is 2.40. The summed E-state index contributed by atoms with van der Waals surface area (Å²) in [6.07, 6.45) is 5.23. The van der Waals surface area contributed by atoms with Gasteiger partial charge in [-0.1, -0.05) is 12.8 Å². The van der Waals surface area contributed by atoms with Crippen molar-refractivity contribution in [1.29, 1.82) is 0 Å². The van der Waals surface area contributed by atoms with Crippen LogP contribution in [-0.2, 0) is 0 Å². The molecule has 2 rings (SSSR count). The van der Waals surface area contributed by atoms with Crippen LogP contribution in [0.1, 0.15) is 31.2 Å². The Morgan fingerprint density at radius 2 is 2.06 bits per heavy atom. The van der Waals surface area contributed by atoms with Crippen molar-refractivity contribution >= 4 is 22.4 Å². The Bertz CT molecular complexity index is 380. The molecule has 1 aliphatic carbocycles. The summed E-state index contributed by atoms with van der Waals surface area (Å²) in [7, 11) is 4.36. The second-order valence-corrected chi connectivity index (χ2v) is 5.97. The summed E-state index contributed by atoms with van der Waals surface area (Å²) in [5.41, 5.74) is 7.16. The molecule has 1 aromatic rings. The Labute approximate surface area is 107 Å². The van der Waals surface area contributed by atoms with Crippen LogP contribution in [0.2, 0.25) is 0 Å². The van der Waals surface area contributed by atoms with Gasteiger partial charge in [0.2, 0.25) is 0 Å². The molecule has 1 fully saturated rings. The lowest BCUT2D eigenvalue weighted by Crippen LogP contribution is -2.47. The van der Waals surface area contributed by atoms with E-state index in [4.69, 9.17) is 5.73 Å². The Balaban J connectivity index is 2.03. The molecule has 0 unspecified atom stereocenters. The van der Waals surface area contributed by atoms with Gasteiger partial charge in [0.05, 0.1) is 0 Å². The fourth-order valence-electron chi connectivity index (χ4n) is 2.57. The molecule has 96 valence electrons. The third-order valence-corrected chi connectivity index (χ3v) is 4.94. The van der Waals surface area contributed by atoms with E-state index in [1.165, 1.54) is 37.2 Å². The smallest absolute Gasteiger partial charge is 0.142 e. The first-order valence-corrected chi connectivity index (χ1v) is 6.95. The maximum atomic E-state index is 5.77. The molecule has 1 aromatic heterocycles. The van der Waals surface area contributed by atoms with Gasteiger partial charge in [0.1, 0.15) is 10.8 Å². The quantitative estimate of drug-likeness (QED) is 0.866. The van der Waals surface area contributed by atoms with Crippen molar-refractivity contribution in [2.45, 2.75) is 38.1 Å². The van der Waals surface area contributed by atoms with E-state index in [1.807, 2.05) is 6.92 Å². The Morgan fingerprint density at radius 3 is 2.53 bits per heavy atom. The van der Waals surface area contributed by atoms with E-state index in [-0.39, 0.29) is 0 Å². The van der Waals surface area contributed by atoms with Gasteiger partial charge in [-0.2, -0.15) is 4.37 Å². The standard InChI is InChI=1S/C12H22N4S/c1-9-10(13)15-17-11(9)14-8-12(16(2)3)6-4-5-7-12/h14H,4-8H2,1-3H3,(H2,13,15). The van der Waals surface area contributed by atoms with Crippen molar-refractivity contribution in [3.63, 3.8) is 0 Å². The highest BCUT2D eigenvalue weighted by Gasteiger charge is 2.35. The van der Waals surface area contributed by atoms with Crippen LogP contribution in [0.3, 0.4) is 0 Å². The highest BCUT2D eigenvalue weighted by atomic mass is 32.1. The molecule has 1 saturated carbocycles. The molecule has 0 saturated heterocycles. The third-order valence-electron chi connectivity index (χ3n) is 4.02. The first kappa shape index (κ1) is 12.6. The molecular formula is C12H22N4S. The molecule has 0 aliphatic heterocycles. The van der Waals surface area contributed by atoms with E-state index in [2.05, 4.69) is 28.7 Å². The largest absolute Gasteiger partial charge is 0.383 e. The minimum atomic E-state index is 0.311. The molecule has 3 N–H and O–H groups in total. The van der Waals surface area contributed by atoms with E-state index >= 15 is 0 Å². The van der Waals surface area contributed by atoms with Gasteiger partial charge in [0, 0.05) is 17.6 Å². The molecule has 1 aliphatic rings. The summed E-state index contributed by atoms with van der Waals surface area (Å²) >= 11 is 1.47. The molecule has 0 radical (unpaired) electrons. The van der Waals surface area contributed by atoms with Gasteiger partial charge in [0.25, 0.3) is 0 Å². The molecule has 0 aromatic carbocycles. The van der Waals surface area contributed by atoms with E-state index in [0.29, 0.717) is 11.4 Å². The second kappa shape index (κ2) is 4.82. The normalized spacial score (nSPS) is 18.8. The number of rotatable bonds is 4. The van der Waals surface area contributed by atoms with E-state index < -0.39 is 0 Å². The van der Waals surface area contributed by atoms with Gasteiger partial charge in [-0.05, 0) is 45.4 Å². The minimum absolute atomic E-state index is 0.311. The van der Waals surface area contributed by atoms with Crippen molar-refractivity contribution in [3.8, 4) is 0 Å². The number of nitrogens with zero attached hydrogens (tertiary/aromatic N) is 2. The Kier molecular flexibility index (Phi) is 3.58. The zero-order valence-electron chi connectivity index (χ0n) is 10.9. The van der Waals surface area contributed by atoms with Gasteiger partial charge in [0.15, 0.2) is 0 Å². The number of nitrogens with two attached hydrogens (primary N) is 1. The number of hydrogen-bond donors (Lipinski definition) is 2. The summed E-state index contributed by atoms with van der Waals surface area (Å²) in [5, 5.41) is 4.65. The number of aromatic nitrogens is 1. The summed E-state index contributed by atoms with van der Waals surface area (Å²) in [6, 6.07) is 0. The SMILES string of the molecule is Cc1c(N)nsc1NCC1(N(C)C)CCCC1. The van der Waals surface area contributed by atoms with E-state index in [1.54, 1.807) is 0 Å². The highest BCUT2D eigenvalue weighted by molar-refractivity contribution is 7.10. The minimum Gasteiger partial charge on any atom is -0.383 e. The molecular weight excluding hydrogens is 232 g/mol. The van der Waals surface area contributed by atoms with Crippen molar-refractivity contribution in [2.75, 3.05) is 31.7 Å². The average Bonchev–Trinajstić information content (AvgIpc) is 2.87. The number of hydrogen-bond acceptors (Lipinski definition) is 5. The first-order chi connectivity index (χ1) is 8.05. The van der Waals surface area contributed by atoms with Crippen LogP contribution in [0.15, 0.2) is 0 Å². The van der Waals surface area contributed by atoms with Crippen molar-refractivity contribution in [2.24, 2.45) is 0 Å². The molecule has 0 amide bonds. The van der Waals surface area contributed by atoms with Crippen LogP contribution in [0.5, 0.6) is 0 Å². The summed E-state index contributed by atoms with van der Waals surface area (Å²) < 4.78 is 4.17. The Hall–Kier alpha value is -0.810. The maximum Gasteiger partial charge on any atom is 0.142 e. The van der Waals surface area contributed by atoms with Crippen LogP contribution in [0, 0.1) is 6.92 Å². The summed E-state index contributed by atoms with van der Waals surface area (Å²) in [5.74, 6) is 0.655. The van der Waals surface area contributed by atoms with Crippen LogP contribution < -0.4 is 11.1 Å². The summed E-state index contributed by atoms with van der Waals surface area (Å²) in [6.45, 7) is 3.01. The van der Waals surface area contributed by atoms with Crippen LogP contribution in [0.4, 0.5) is 10.8 Å². The molecule has 0 atom stereocenters. The highest BCUT2D eigenvalue weighted by Crippen LogP contribution is 2.35.